The number of hydrogen-bond acceptors (Lipinski definition) is 7. The van der Waals surface area contributed by atoms with E-state index in [1.807, 2.05) is 26.8 Å². The molecule has 2 aliphatic rings. The summed E-state index contributed by atoms with van der Waals surface area (Å²) in [5, 5.41) is 7.43. The lowest BCUT2D eigenvalue weighted by Gasteiger charge is -2.23. The number of hydrogen-bond donors (Lipinski definition) is 3. The maximum Gasteiger partial charge on any atom is 0.273 e. The molecule has 2 aromatic carbocycles. The van der Waals surface area contributed by atoms with E-state index in [4.69, 9.17) is 21.1 Å². The van der Waals surface area contributed by atoms with Gasteiger partial charge in [-0.15, -0.1) is 0 Å². The zero-order valence-electron chi connectivity index (χ0n) is 38.2. The highest BCUT2D eigenvalue weighted by Crippen LogP contribution is 2.42. The summed E-state index contributed by atoms with van der Waals surface area (Å²) in [6.45, 7) is 19.8. The van der Waals surface area contributed by atoms with Gasteiger partial charge in [-0.3, -0.25) is 19.4 Å². The van der Waals surface area contributed by atoms with Crippen molar-refractivity contribution < 1.29 is 28.2 Å². The van der Waals surface area contributed by atoms with Crippen LogP contribution in [-0.4, -0.2) is 68.2 Å². The maximum absolute atomic E-state index is 15.3. The van der Waals surface area contributed by atoms with Crippen LogP contribution in [0.5, 0.6) is 5.88 Å². The van der Waals surface area contributed by atoms with E-state index in [0.29, 0.717) is 46.5 Å². The first-order valence-electron chi connectivity index (χ1n) is 21.7. The van der Waals surface area contributed by atoms with Gasteiger partial charge in [0, 0.05) is 61.6 Å². The molecular formula is C48H71ClFN5O5. The summed E-state index contributed by atoms with van der Waals surface area (Å²) in [6.07, 6.45) is 11.1. The molecule has 0 radical (unpaired) electrons. The largest absolute Gasteiger partial charge is 0.481 e. The molecule has 3 amide bonds. The predicted molar refractivity (Wildman–Crippen MR) is 245 cm³/mol. The fraction of sp³-hybridized carbons (Fsp3) is 0.542. The SMILES string of the molecule is CC.CCC(C)CCC(CC)NC(=O)C(C)CC.CCCOC.COc1nc(-c2ccc(F)c(-c3cccc(NC(=O)C4=CCNN(C)C4=O)c3C)c2Cl)cc2c1CCC2. The quantitative estimate of drug-likeness (QED) is 0.130. The van der Waals surface area contributed by atoms with Crippen molar-refractivity contribution in [1.82, 2.24) is 20.7 Å². The molecule has 0 fully saturated rings. The van der Waals surface area contributed by atoms with Crippen LogP contribution in [0, 0.1) is 24.6 Å². The van der Waals surface area contributed by atoms with Crippen molar-refractivity contribution in [3.05, 3.63) is 75.6 Å². The van der Waals surface area contributed by atoms with Crippen LogP contribution < -0.4 is 20.8 Å². The number of aryl methyl sites for hydroxylation is 1. The minimum atomic E-state index is -0.534. The third kappa shape index (κ3) is 14.4. The van der Waals surface area contributed by atoms with Crippen LogP contribution >= 0.6 is 11.6 Å². The molecule has 0 saturated carbocycles. The number of nitrogens with zero attached hydrogens (tertiary/aromatic N) is 2. The average molecular weight is 853 g/mol. The molecule has 332 valence electrons. The highest BCUT2D eigenvalue weighted by Gasteiger charge is 2.26. The van der Waals surface area contributed by atoms with Crippen molar-refractivity contribution >= 4 is 35.0 Å². The van der Waals surface area contributed by atoms with E-state index >= 15 is 4.39 Å². The van der Waals surface area contributed by atoms with Crippen molar-refractivity contribution in [3.63, 3.8) is 0 Å². The van der Waals surface area contributed by atoms with E-state index in [9.17, 15) is 14.4 Å². The summed E-state index contributed by atoms with van der Waals surface area (Å²) < 4.78 is 25.5. The number of halogens is 2. The predicted octanol–water partition coefficient (Wildman–Crippen LogP) is 10.7. The first-order chi connectivity index (χ1) is 28.8. The average Bonchev–Trinajstić information content (AvgIpc) is 3.74. The zero-order chi connectivity index (χ0) is 44.9. The van der Waals surface area contributed by atoms with Gasteiger partial charge in [0.2, 0.25) is 11.8 Å². The Kier molecular flexibility index (Phi) is 23.1. The highest BCUT2D eigenvalue weighted by molar-refractivity contribution is 6.36. The Hall–Kier alpha value is -4.32. The summed E-state index contributed by atoms with van der Waals surface area (Å²) in [6, 6.07) is 10.5. The molecule has 60 heavy (non-hydrogen) atoms. The Morgan fingerprint density at radius 3 is 2.32 bits per heavy atom. The Morgan fingerprint density at radius 2 is 1.72 bits per heavy atom. The first-order valence-corrected chi connectivity index (χ1v) is 22.1. The minimum absolute atomic E-state index is 0.0360. The van der Waals surface area contributed by atoms with Gasteiger partial charge in [-0.2, -0.15) is 0 Å². The summed E-state index contributed by atoms with van der Waals surface area (Å²) in [7, 11) is 4.86. The minimum Gasteiger partial charge on any atom is -0.481 e. The van der Waals surface area contributed by atoms with Crippen LogP contribution in [0.2, 0.25) is 5.02 Å². The number of amides is 3. The van der Waals surface area contributed by atoms with Gasteiger partial charge >= 0.3 is 0 Å². The molecule has 5 rings (SSSR count). The molecule has 0 bridgehead atoms. The van der Waals surface area contributed by atoms with Crippen molar-refractivity contribution in [3.8, 4) is 28.3 Å². The number of carbonyl (C=O) groups is 3. The van der Waals surface area contributed by atoms with E-state index in [1.165, 1.54) is 30.0 Å². The first kappa shape index (κ1) is 51.8. The van der Waals surface area contributed by atoms with Crippen molar-refractivity contribution in [1.29, 1.82) is 0 Å². The second-order valence-electron chi connectivity index (χ2n) is 15.1. The second-order valence-corrected chi connectivity index (χ2v) is 15.5. The van der Waals surface area contributed by atoms with Crippen LogP contribution in [0.25, 0.3) is 22.4 Å². The number of likely N-dealkylation sites (N-methyl/N-ethyl adjacent to an activating group) is 1. The van der Waals surface area contributed by atoms with Crippen LogP contribution in [0.1, 0.15) is 117 Å². The van der Waals surface area contributed by atoms with Crippen molar-refractivity contribution in [2.24, 2.45) is 11.8 Å². The van der Waals surface area contributed by atoms with Gasteiger partial charge < -0.3 is 20.1 Å². The molecule has 1 aliphatic heterocycles. The third-order valence-electron chi connectivity index (χ3n) is 10.9. The summed E-state index contributed by atoms with van der Waals surface area (Å²) in [5.74, 6) is 0.252. The lowest BCUT2D eigenvalue weighted by atomic mass is 9.95. The second kappa shape index (κ2) is 26.8. The standard InChI is InChI=1S/C28H26ClFN4O3.C14H29NO.C4H10O.C2H6/c1-15-17(7-5-9-22(15)32-26(35)20-12-13-31-34(2)28(20)36)24-21(30)11-10-19(25(24)29)23-14-16-6-4-8-18(16)27(33-23)37-3;1-6-11(4)9-10-13(8-3)15-14(16)12(5)7-2;1-3-4-5-2;1-2/h5,7,9-12,14,31H,4,6,8,13H2,1-3H3,(H,32,35);11-13H,6-10H2,1-5H3,(H,15,16);3-4H2,1-2H3;1-2H3. The van der Waals surface area contributed by atoms with Gasteiger partial charge in [-0.25, -0.2) is 14.8 Å². The van der Waals surface area contributed by atoms with Crippen molar-refractivity contribution in [2.45, 2.75) is 126 Å². The van der Waals surface area contributed by atoms with Gasteiger partial charge in [0.05, 0.1) is 17.8 Å². The van der Waals surface area contributed by atoms with E-state index in [1.54, 1.807) is 52.5 Å². The molecule has 3 atom stereocenters. The number of nitrogens with one attached hydrogen (secondary N) is 3. The van der Waals surface area contributed by atoms with E-state index in [-0.39, 0.29) is 28.0 Å². The molecule has 3 aromatic rings. The lowest BCUT2D eigenvalue weighted by molar-refractivity contribution is -0.131. The number of rotatable bonds is 15. The number of methoxy groups -OCH3 is 2. The molecule has 0 saturated heterocycles. The fourth-order valence-electron chi connectivity index (χ4n) is 6.70. The molecule has 3 unspecified atom stereocenters. The Bertz CT molecular complexity index is 1880. The number of ether oxygens (including phenoxy) is 2. The van der Waals surface area contributed by atoms with Crippen LogP contribution in [0.4, 0.5) is 10.1 Å². The van der Waals surface area contributed by atoms with E-state index in [2.05, 4.69) is 55.7 Å². The number of fused-ring (bicyclic) bond motifs is 1. The molecule has 0 spiro atoms. The monoisotopic (exact) mass is 852 g/mol. The van der Waals surface area contributed by atoms with Crippen molar-refractivity contribution in [2.75, 3.05) is 39.7 Å². The smallest absolute Gasteiger partial charge is 0.273 e. The van der Waals surface area contributed by atoms with Crippen LogP contribution in [0.3, 0.4) is 0 Å². The summed E-state index contributed by atoms with van der Waals surface area (Å²) in [5.41, 5.74) is 8.16. The van der Waals surface area contributed by atoms with E-state index in [0.717, 1.165) is 68.6 Å². The normalized spacial score (nSPS) is 14.4. The Morgan fingerprint density at radius 1 is 1.00 bits per heavy atom. The summed E-state index contributed by atoms with van der Waals surface area (Å²) >= 11 is 6.84. The molecule has 12 heteroatoms. The van der Waals surface area contributed by atoms with Gasteiger partial charge in [0.25, 0.3) is 11.8 Å². The number of hydrazine groups is 1. The van der Waals surface area contributed by atoms with Crippen LogP contribution in [-0.2, 0) is 32.0 Å². The molecule has 1 aromatic heterocycles. The van der Waals surface area contributed by atoms with Gasteiger partial charge in [0.1, 0.15) is 11.4 Å². The molecule has 10 nitrogen and oxygen atoms in total. The Balaban J connectivity index is 0.000000450. The zero-order valence-corrected chi connectivity index (χ0v) is 39.0. The number of pyridine rings is 1. The fourth-order valence-corrected chi connectivity index (χ4v) is 7.05. The number of anilines is 1. The number of benzene rings is 2. The third-order valence-corrected chi connectivity index (χ3v) is 11.3. The highest BCUT2D eigenvalue weighted by atomic mass is 35.5. The number of carbonyl (C=O) groups excluding carboxylic acids is 3. The van der Waals surface area contributed by atoms with Gasteiger partial charge in [0.15, 0.2) is 0 Å². The van der Waals surface area contributed by atoms with Crippen LogP contribution in [0.15, 0.2) is 48.0 Å². The molecular weight excluding hydrogens is 781 g/mol. The van der Waals surface area contributed by atoms with Gasteiger partial charge in [-0.05, 0) is 105 Å². The summed E-state index contributed by atoms with van der Waals surface area (Å²) in [4.78, 5) is 41.7. The lowest BCUT2D eigenvalue weighted by Crippen LogP contribution is -2.46. The topological polar surface area (TPSA) is 122 Å². The maximum atomic E-state index is 15.3. The molecule has 2 heterocycles. The van der Waals surface area contributed by atoms with E-state index < -0.39 is 17.6 Å². The Labute approximate surface area is 364 Å². The number of aromatic nitrogens is 1. The molecule has 3 N–H and O–H groups in total. The molecule has 1 aliphatic carbocycles. The van der Waals surface area contributed by atoms with Gasteiger partial charge in [-0.1, -0.05) is 91.6 Å².